The van der Waals surface area contributed by atoms with Gasteiger partial charge in [0.2, 0.25) is 11.9 Å². The minimum absolute atomic E-state index is 0.110. The number of hydrogen-bond acceptors (Lipinski definition) is 6. The second-order valence-electron chi connectivity index (χ2n) is 3.81. The molecule has 1 rings (SSSR count). The number of aromatic nitrogens is 3. The van der Waals surface area contributed by atoms with Crippen LogP contribution in [0.2, 0.25) is 0 Å². The van der Waals surface area contributed by atoms with E-state index in [9.17, 15) is 17.6 Å². The molecule has 6 nitrogen and oxygen atoms in total. The molecule has 0 aliphatic heterocycles. The van der Waals surface area contributed by atoms with Gasteiger partial charge in [0, 0.05) is 6.54 Å². The Morgan fingerprint density at radius 1 is 1.15 bits per heavy atom. The van der Waals surface area contributed by atoms with Gasteiger partial charge in [0.25, 0.3) is 0 Å². The third-order valence-electron chi connectivity index (χ3n) is 2.13. The maximum atomic E-state index is 12.8. The van der Waals surface area contributed by atoms with Crippen molar-refractivity contribution in [3.05, 3.63) is 0 Å². The third kappa shape index (κ3) is 4.67. The Balaban J connectivity index is 2.78. The number of hydrogen-bond donors (Lipinski definition) is 2. The van der Waals surface area contributed by atoms with Gasteiger partial charge < -0.3 is 15.4 Å². The standard InChI is InChI=1S/C10H15F4N5O/c1-3-4-15-7-17-8(19-9(18-7)20-2)16-5-10(13,14)6(11)12/h6H,3-5H2,1-2H3,(H2,15,16,17,18,19). The summed E-state index contributed by atoms with van der Waals surface area (Å²) in [5, 5.41) is 4.86. The van der Waals surface area contributed by atoms with Gasteiger partial charge in [-0.05, 0) is 6.42 Å². The van der Waals surface area contributed by atoms with E-state index >= 15 is 0 Å². The summed E-state index contributed by atoms with van der Waals surface area (Å²) in [5.74, 6) is -4.33. The van der Waals surface area contributed by atoms with Crippen molar-refractivity contribution in [3.8, 4) is 6.01 Å². The zero-order valence-corrected chi connectivity index (χ0v) is 11.0. The maximum absolute atomic E-state index is 12.8. The quantitative estimate of drug-likeness (QED) is 0.715. The first-order chi connectivity index (χ1) is 9.39. The van der Waals surface area contributed by atoms with Gasteiger partial charge in [-0.3, -0.25) is 0 Å². The first-order valence-corrected chi connectivity index (χ1v) is 5.82. The van der Waals surface area contributed by atoms with E-state index in [2.05, 4.69) is 20.3 Å². The molecule has 0 saturated heterocycles. The van der Waals surface area contributed by atoms with Gasteiger partial charge >= 0.3 is 18.4 Å². The van der Waals surface area contributed by atoms with Crippen LogP contribution >= 0.6 is 0 Å². The molecule has 0 fully saturated rings. The van der Waals surface area contributed by atoms with Crippen molar-refractivity contribution < 1.29 is 22.3 Å². The number of nitrogens with one attached hydrogen (secondary N) is 2. The lowest BCUT2D eigenvalue weighted by Crippen LogP contribution is -2.35. The molecule has 0 bridgehead atoms. The average molecular weight is 297 g/mol. The fraction of sp³-hybridized carbons (Fsp3) is 0.700. The number of rotatable bonds is 8. The monoisotopic (exact) mass is 297 g/mol. The molecule has 0 radical (unpaired) electrons. The molecular weight excluding hydrogens is 282 g/mol. The summed E-state index contributed by atoms with van der Waals surface area (Å²) in [5.41, 5.74) is 0. The molecule has 10 heteroatoms. The molecule has 0 aliphatic rings. The second kappa shape index (κ2) is 7.06. The molecule has 0 saturated carbocycles. The Morgan fingerprint density at radius 2 is 1.75 bits per heavy atom. The van der Waals surface area contributed by atoms with E-state index in [-0.39, 0.29) is 17.9 Å². The molecule has 1 heterocycles. The maximum Gasteiger partial charge on any atom is 0.324 e. The van der Waals surface area contributed by atoms with E-state index in [0.717, 1.165) is 6.42 Å². The lowest BCUT2D eigenvalue weighted by atomic mass is 10.3. The number of ether oxygens (including phenoxy) is 1. The predicted octanol–water partition coefficient (Wildman–Crippen LogP) is 2.01. The Hall–Kier alpha value is -1.87. The predicted molar refractivity (Wildman–Crippen MR) is 64.6 cm³/mol. The van der Waals surface area contributed by atoms with E-state index in [1.54, 1.807) is 0 Å². The Morgan fingerprint density at radius 3 is 2.25 bits per heavy atom. The zero-order chi connectivity index (χ0) is 15.2. The number of methoxy groups -OCH3 is 1. The average Bonchev–Trinajstić information content (AvgIpc) is 2.42. The first kappa shape index (κ1) is 16.2. The van der Waals surface area contributed by atoms with Crippen molar-refractivity contribution in [2.24, 2.45) is 0 Å². The summed E-state index contributed by atoms with van der Waals surface area (Å²) in [6, 6.07) is -0.110. The molecule has 0 spiro atoms. The molecule has 1 aromatic rings. The first-order valence-electron chi connectivity index (χ1n) is 5.82. The van der Waals surface area contributed by atoms with Crippen LogP contribution in [0.5, 0.6) is 6.01 Å². The van der Waals surface area contributed by atoms with E-state index in [1.807, 2.05) is 12.2 Å². The van der Waals surface area contributed by atoms with E-state index in [0.29, 0.717) is 6.54 Å². The molecule has 0 aromatic carbocycles. The summed E-state index contributed by atoms with van der Waals surface area (Å²) < 4.78 is 54.4. The van der Waals surface area contributed by atoms with Crippen molar-refractivity contribution in [2.75, 3.05) is 30.8 Å². The van der Waals surface area contributed by atoms with Gasteiger partial charge in [-0.15, -0.1) is 0 Å². The number of alkyl halides is 4. The Bertz CT molecular complexity index is 432. The number of nitrogens with zero attached hydrogens (tertiary/aromatic N) is 3. The van der Waals surface area contributed by atoms with Gasteiger partial charge in [0.05, 0.1) is 13.7 Å². The van der Waals surface area contributed by atoms with Crippen molar-refractivity contribution >= 4 is 11.9 Å². The summed E-state index contributed by atoms with van der Waals surface area (Å²) >= 11 is 0. The normalized spacial score (nSPS) is 11.6. The lowest BCUT2D eigenvalue weighted by Gasteiger charge is -2.16. The van der Waals surface area contributed by atoms with Crippen LogP contribution in [0.1, 0.15) is 13.3 Å². The molecule has 20 heavy (non-hydrogen) atoms. The summed E-state index contributed by atoms with van der Waals surface area (Å²) in [4.78, 5) is 11.3. The molecule has 0 aliphatic carbocycles. The molecule has 0 atom stereocenters. The van der Waals surface area contributed by atoms with Crippen molar-refractivity contribution in [2.45, 2.75) is 25.7 Å². The number of halogens is 4. The van der Waals surface area contributed by atoms with Crippen LogP contribution in [0, 0.1) is 0 Å². The van der Waals surface area contributed by atoms with Crippen LogP contribution in [-0.4, -0.2) is 47.5 Å². The Labute approximate surface area is 113 Å². The van der Waals surface area contributed by atoms with Crippen LogP contribution < -0.4 is 15.4 Å². The largest absolute Gasteiger partial charge is 0.467 e. The number of anilines is 2. The van der Waals surface area contributed by atoms with Crippen LogP contribution in [0.25, 0.3) is 0 Å². The molecule has 1 aromatic heterocycles. The van der Waals surface area contributed by atoms with Crippen LogP contribution in [-0.2, 0) is 0 Å². The molecular formula is C10H15F4N5O. The lowest BCUT2D eigenvalue weighted by molar-refractivity contribution is -0.117. The van der Waals surface area contributed by atoms with Crippen LogP contribution in [0.15, 0.2) is 0 Å². The molecule has 0 amide bonds. The van der Waals surface area contributed by atoms with Gasteiger partial charge in [-0.1, -0.05) is 6.92 Å². The van der Waals surface area contributed by atoms with Gasteiger partial charge in [-0.25, -0.2) is 8.78 Å². The highest BCUT2D eigenvalue weighted by Crippen LogP contribution is 2.23. The highest BCUT2D eigenvalue weighted by Gasteiger charge is 2.40. The topological polar surface area (TPSA) is 72.0 Å². The SMILES string of the molecule is CCCNc1nc(NCC(F)(F)C(F)F)nc(OC)n1. The molecule has 2 N–H and O–H groups in total. The summed E-state index contributed by atoms with van der Waals surface area (Å²) in [6.45, 7) is 1.18. The van der Waals surface area contributed by atoms with E-state index in [1.165, 1.54) is 7.11 Å². The minimum Gasteiger partial charge on any atom is -0.467 e. The second-order valence-corrected chi connectivity index (χ2v) is 3.81. The van der Waals surface area contributed by atoms with Gasteiger partial charge in [0.1, 0.15) is 0 Å². The highest BCUT2D eigenvalue weighted by molar-refractivity contribution is 5.36. The zero-order valence-electron chi connectivity index (χ0n) is 11.0. The minimum atomic E-state index is -4.17. The van der Waals surface area contributed by atoms with Gasteiger partial charge in [-0.2, -0.15) is 23.7 Å². The van der Waals surface area contributed by atoms with Crippen LogP contribution in [0.3, 0.4) is 0 Å². The smallest absolute Gasteiger partial charge is 0.324 e. The Kier molecular flexibility index (Phi) is 5.71. The van der Waals surface area contributed by atoms with E-state index < -0.39 is 18.9 Å². The van der Waals surface area contributed by atoms with Crippen LogP contribution in [0.4, 0.5) is 29.5 Å². The van der Waals surface area contributed by atoms with E-state index in [4.69, 9.17) is 4.74 Å². The fourth-order valence-corrected chi connectivity index (χ4v) is 1.12. The molecule has 114 valence electrons. The van der Waals surface area contributed by atoms with Gasteiger partial charge in [0.15, 0.2) is 0 Å². The summed E-state index contributed by atoms with van der Waals surface area (Å²) in [7, 11) is 1.29. The fourth-order valence-electron chi connectivity index (χ4n) is 1.12. The highest BCUT2D eigenvalue weighted by atomic mass is 19.3. The van der Waals surface area contributed by atoms with Crippen molar-refractivity contribution in [1.29, 1.82) is 0 Å². The van der Waals surface area contributed by atoms with Crippen molar-refractivity contribution in [1.82, 2.24) is 15.0 Å². The third-order valence-corrected chi connectivity index (χ3v) is 2.13. The summed E-state index contributed by atoms with van der Waals surface area (Å²) in [6.07, 6.45) is -2.98. The van der Waals surface area contributed by atoms with Crippen molar-refractivity contribution in [3.63, 3.8) is 0 Å². The molecule has 0 unspecified atom stereocenters.